The van der Waals surface area contributed by atoms with Gasteiger partial charge in [0, 0.05) is 5.56 Å². The Morgan fingerprint density at radius 3 is 2.84 bits per heavy atom. The highest BCUT2D eigenvalue weighted by molar-refractivity contribution is 7.98. The van der Waals surface area contributed by atoms with Crippen LogP contribution in [0.15, 0.2) is 39.8 Å². The highest BCUT2D eigenvalue weighted by Gasteiger charge is 2.18. The molecule has 0 atom stereocenters. The number of nitriles is 1. The molecule has 0 unspecified atom stereocenters. The average molecular weight is 353 g/mol. The molecule has 0 saturated carbocycles. The number of hydrogen-bond acceptors (Lipinski definition) is 6. The number of hydrogen-bond donors (Lipinski definition) is 2. The van der Waals surface area contributed by atoms with E-state index in [0.29, 0.717) is 33.8 Å². The highest BCUT2D eigenvalue weighted by atomic mass is 32.2. The van der Waals surface area contributed by atoms with E-state index in [4.69, 9.17) is 4.42 Å². The van der Waals surface area contributed by atoms with E-state index in [2.05, 4.69) is 20.5 Å². The quantitative estimate of drug-likeness (QED) is 0.682. The van der Waals surface area contributed by atoms with E-state index in [1.54, 1.807) is 6.92 Å². The summed E-state index contributed by atoms with van der Waals surface area (Å²) in [5.74, 6) is 1.05. The van der Waals surface area contributed by atoms with Gasteiger partial charge in [-0.2, -0.15) is 10.4 Å². The fraction of sp³-hybridized carbons (Fsp3) is 0.176. The van der Waals surface area contributed by atoms with Crippen molar-refractivity contribution in [1.82, 2.24) is 15.2 Å². The van der Waals surface area contributed by atoms with Gasteiger partial charge in [0.15, 0.2) is 0 Å². The summed E-state index contributed by atoms with van der Waals surface area (Å²) in [5, 5.41) is 19.1. The van der Waals surface area contributed by atoms with Gasteiger partial charge in [-0.3, -0.25) is 9.89 Å². The van der Waals surface area contributed by atoms with E-state index in [0.717, 1.165) is 5.56 Å². The fourth-order valence-corrected chi connectivity index (χ4v) is 2.79. The Morgan fingerprint density at radius 1 is 1.40 bits per heavy atom. The molecule has 0 spiro atoms. The Hall–Kier alpha value is -3.05. The smallest absolute Gasteiger partial charge is 0.231 e. The summed E-state index contributed by atoms with van der Waals surface area (Å²) in [5.41, 5.74) is 1.73. The number of rotatable bonds is 5. The second-order valence-corrected chi connectivity index (χ2v) is 6.00. The fourth-order valence-electron chi connectivity index (χ4n) is 2.30. The maximum Gasteiger partial charge on any atom is 0.231 e. The molecule has 3 rings (SSSR count). The summed E-state index contributed by atoms with van der Waals surface area (Å²) in [7, 11) is 0. The van der Waals surface area contributed by atoms with Gasteiger partial charge < -0.3 is 9.73 Å². The lowest BCUT2D eigenvalue weighted by molar-refractivity contribution is -0.115. The molecule has 2 aromatic heterocycles. The maximum absolute atomic E-state index is 12.3. The molecule has 2 heterocycles. The van der Waals surface area contributed by atoms with E-state index in [9.17, 15) is 10.1 Å². The Bertz CT molecular complexity index is 940. The monoisotopic (exact) mass is 353 g/mol. The van der Waals surface area contributed by atoms with Gasteiger partial charge >= 0.3 is 0 Å². The minimum Gasteiger partial charge on any atom is -0.441 e. The van der Waals surface area contributed by atoms with Gasteiger partial charge in [0.25, 0.3) is 0 Å². The Labute approximate surface area is 148 Å². The zero-order valence-electron chi connectivity index (χ0n) is 13.7. The van der Waals surface area contributed by atoms with Gasteiger partial charge in [-0.05, 0) is 25.3 Å². The van der Waals surface area contributed by atoms with Gasteiger partial charge in [0.1, 0.15) is 28.2 Å². The van der Waals surface area contributed by atoms with Crippen LogP contribution >= 0.6 is 11.8 Å². The second kappa shape index (κ2) is 7.23. The number of nitrogens with one attached hydrogen (secondary N) is 2. The first kappa shape index (κ1) is 16.8. The molecule has 126 valence electrons. The maximum atomic E-state index is 12.3. The molecule has 0 aliphatic rings. The standard InChI is InChI=1S/C17H15N5O2S/c1-10-13(19-16(24-10)11-6-4-3-5-7-11)8-14(23)20-15-12(9-18)17(25-2)22-21-15/h3-7H,8H2,1-2H3,(H2,20,21,22,23). The molecule has 0 aliphatic heterocycles. The van der Waals surface area contributed by atoms with E-state index in [1.807, 2.05) is 42.7 Å². The van der Waals surface area contributed by atoms with Crippen molar-refractivity contribution in [3.05, 3.63) is 47.3 Å². The molecule has 0 bridgehead atoms. The van der Waals surface area contributed by atoms with Crippen molar-refractivity contribution < 1.29 is 9.21 Å². The van der Waals surface area contributed by atoms with Crippen LogP contribution in [0.4, 0.5) is 5.82 Å². The molecule has 7 nitrogen and oxygen atoms in total. The zero-order chi connectivity index (χ0) is 17.8. The molecule has 0 saturated heterocycles. The number of aryl methyl sites for hydroxylation is 1. The first-order valence-electron chi connectivity index (χ1n) is 7.46. The topological polar surface area (TPSA) is 108 Å². The molecular weight excluding hydrogens is 338 g/mol. The number of H-pyrrole nitrogens is 1. The van der Waals surface area contributed by atoms with Crippen molar-refractivity contribution in [3.63, 3.8) is 0 Å². The minimum atomic E-state index is -0.302. The third-order valence-electron chi connectivity index (χ3n) is 3.54. The first-order chi connectivity index (χ1) is 12.1. The van der Waals surface area contributed by atoms with E-state index in [-0.39, 0.29) is 12.3 Å². The summed E-state index contributed by atoms with van der Waals surface area (Å²) >= 11 is 1.33. The number of thioether (sulfide) groups is 1. The summed E-state index contributed by atoms with van der Waals surface area (Å²) in [6, 6.07) is 11.5. The third-order valence-corrected chi connectivity index (χ3v) is 4.23. The van der Waals surface area contributed by atoms with Crippen molar-refractivity contribution in [2.24, 2.45) is 0 Å². The molecule has 0 radical (unpaired) electrons. The Kier molecular flexibility index (Phi) is 4.86. The molecule has 25 heavy (non-hydrogen) atoms. The van der Waals surface area contributed by atoms with Crippen LogP contribution in [0, 0.1) is 18.3 Å². The van der Waals surface area contributed by atoms with E-state index < -0.39 is 0 Å². The van der Waals surface area contributed by atoms with Crippen molar-refractivity contribution in [2.45, 2.75) is 18.4 Å². The van der Waals surface area contributed by atoms with Crippen molar-refractivity contribution in [2.75, 3.05) is 11.6 Å². The number of nitrogens with zero attached hydrogens (tertiary/aromatic N) is 3. The molecule has 0 fully saturated rings. The second-order valence-electron chi connectivity index (χ2n) is 5.21. The number of anilines is 1. The van der Waals surface area contributed by atoms with E-state index in [1.165, 1.54) is 11.8 Å². The SMILES string of the molecule is CSc1n[nH]c(NC(=O)Cc2nc(-c3ccccc3)oc2C)c1C#N. The number of carbonyl (C=O) groups is 1. The van der Waals surface area contributed by atoms with Crippen LogP contribution in [0.25, 0.3) is 11.5 Å². The highest BCUT2D eigenvalue weighted by Crippen LogP contribution is 2.24. The summed E-state index contributed by atoms with van der Waals surface area (Å²) in [4.78, 5) is 16.7. The van der Waals surface area contributed by atoms with Crippen LogP contribution in [-0.4, -0.2) is 27.3 Å². The van der Waals surface area contributed by atoms with Crippen LogP contribution in [-0.2, 0) is 11.2 Å². The predicted molar refractivity (Wildman–Crippen MR) is 94.1 cm³/mol. The number of carbonyl (C=O) groups excluding carboxylic acids is 1. The number of oxazole rings is 1. The summed E-state index contributed by atoms with van der Waals surface area (Å²) < 4.78 is 5.65. The van der Waals surface area contributed by atoms with Crippen LogP contribution in [0.1, 0.15) is 17.0 Å². The molecule has 0 aliphatic carbocycles. The number of benzene rings is 1. The van der Waals surface area contributed by atoms with Gasteiger partial charge in [-0.1, -0.05) is 18.2 Å². The van der Waals surface area contributed by atoms with Crippen LogP contribution in [0.2, 0.25) is 0 Å². The van der Waals surface area contributed by atoms with Crippen molar-refractivity contribution in [3.8, 4) is 17.5 Å². The third kappa shape index (κ3) is 3.56. The number of aromatic amines is 1. The Morgan fingerprint density at radius 2 is 2.16 bits per heavy atom. The van der Waals surface area contributed by atoms with E-state index >= 15 is 0 Å². The van der Waals surface area contributed by atoms with Gasteiger partial charge in [-0.25, -0.2) is 4.98 Å². The lowest BCUT2D eigenvalue weighted by Crippen LogP contribution is -2.16. The van der Waals surface area contributed by atoms with Crippen LogP contribution < -0.4 is 5.32 Å². The minimum absolute atomic E-state index is 0.0423. The van der Waals surface area contributed by atoms with Crippen molar-refractivity contribution in [1.29, 1.82) is 5.26 Å². The van der Waals surface area contributed by atoms with Crippen molar-refractivity contribution >= 4 is 23.5 Å². The largest absolute Gasteiger partial charge is 0.441 e. The van der Waals surface area contributed by atoms with Gasteiger partial charge in [-0.15, -0.1) is 11.8 Å². The lowest BCUT2D eigenvalue weighted by Gasteiger charge is -2.01. The van der Waals surface area contributed by atoms with Gasteiger partial charge in [0.05, 0.1) is 12.1 Å². The molecule has 2 N–H and O–H groups in total. The normalized spacial score (nSPS) is 10.4. The first-order valence-corrected chi connectivity index (χ1v) is 8.69. The van der Waals surface area contributed by atoms with Crippen LogP contribution in [0.3, 0.4) is 0 Å². The average Bonchev–Trinajstić information content (AvgIpc) is 3.18. The molecule has 1 amide bonds. The number of aromatic nitrogens is 3. The van der Waals surface area contributed by atoms with Crippen LogP contribution in [0.5, 0.6) is 0 Å². The van der Waals surface area contributed by atoms with Gasteiger partial charge in [0.2, 0.25) is 11.8 Å². The summed E-state index contributed by atoms with van der Waals surface area (Å²) in [6.07, 6.45) is 1.85. The molecule has 1 aromatic carbocycles. The Balaban J connectivity index is 1.75. The predicted octanol–water partition coefficient (Wildman–Crippen LogP) is 3.15. The zero-order valence-corrected chi connectivity index (χ0v) is 14.5. The number of amides is 1. The lowest BCUT2D eigenvalue weighted by atomic mass is 10.2. The summed E-state index contributed by atoms with van der Waals surface area (Å²) in [6.45, 7) is 1.77. The molecule has 3 aromatic rings. The molecular formula is C17H15N5O2S. The molecule has 8 heteroatoms.